The highest BCUT2D eigenvalue weighted by Gasteiger charge is 2.14. The largest absolute Gasteiger partial charge is 0.497 e. The van der Waals surface area contributed by atoms with Gasteiger partial charge in [0.25, 0.3) is 0 Å². The van der Waals surface area contributed by atoms with Crippen LogP contribution in [0.15, 0.2) is 60.8 Å². The predicted molar refractivity (Wildman–Crippen MR) is 121 cm³/mol. The zero-order valence-electron chi connectivity index (χ0n) is 18.2. The SMILES string of the molecule is COc1ccc(C(=O)c2cc(C)cn2CC=Cc2cc(OCC(=O)O)ccc2OC)cc1. The zero-order chi connectivity index (χ0) is 23.1. The first kappa shape index (κ1) is 22.7. The van der Waals surface area contributed by atoms with Crippen LogP contribution in [0.4, 0.5) is 0 Å². The molecule has 3 aromatic rings. The molecule has 32 heavy (non-hydrogen) atoms. The number of methoxy groups -OCH3 is 2. The number of ether oxygens (including phenoxy) is 3. The number of hydrogen-bond donors (Lipinski definition) is 1. The number of ketones is 1. The summed E-state index contributed by atoms with van der Waals surface area (Å²) in [6.45, 7) is 1.99. The summed E-state index contributed by atoms with van der Waals surface area (Å²) in [5.41, 5.74) is 2.89. The van der Waals surface area contributed by atoms with Gasteiger partial charge in [-0.05, 0) is 61.0 Å². The third kappa shape index (κ3) is 5.57. The predicted octanol–water partition coefficient (Wildman–Crippen LogP) is 4.22. The van der Waals surface area contributed by atoms with Crippen molar-refractivity contribution < 1.29 is 28.9 Å². The van der Waals surface area contributed by atoms with Crippen LogP contribution in [0.25, 0.3) is 6.08 Å². The van der Waals surface area contributed by atoms with Gasteiger partial charge < -0.3 is 23.9 Å². The first-order valence-electron chi connectivity index (χ1n) is 9.96. The Balaban J connectivity index is 1.79. The van der Waals surface area contributed by atoms with E-state index in [9.17, 15) is 9.59 Å². The molecule has 1 N–H and O–H groups in total. The number of carbonyl (C=O) groups excluding carboxylic acids is 1. The van der Waals surface area contributed by atoms with Gasteiger partial charge in [0.15, 0.2) is 6.61 Å². The molecule has 0 aliphatic carbocycles. The van der Waals surface area contributed by atoms with Crippen LogP contribution in [0.2, 0.25) is 0 Å². The van der Waals surface area contributed by atoms with Gasteiger partial charge in [-0.25, -0.2) is 4.79 Å². The van der Waals surface area contributed by atoms with Crippen molar-refractivity contribution in [3.63, 3.8) is 0 Å². The van der Waals surface area contributed by atoms with E-state index in [4.69, 9.17) is 19.3 Å². The van der Waals surface area contributed by atoms with Crippen molar-refractivity contribution in [3.8, 4) is 17.2 Å². The lowest BCUT2D eigenvalue weighted by atomic mass is 10.1. The van der Waals surface area contributed by atoms with E-state index >= 15 is 0 Å². The Morgan fingerprint density at radius 2 is 1.72 bits per heavy atom. The molecule has 0 amide bonds. The van der Waals surface area contributed by atoms with Crippen molar-refractivity contribution in [1.29, 1.82) is 0 Å². The van der Waals surface area contributed by atoms with Gasteiger partial charge in [0.2, 0.25) is 5.78 Å². The summed E-state index contributed by atoms with van der Waals surface area (Å²) in [7, 11) is 3.14. The highest BCUT2D eigenvalue weighted by molar-refractivity contribution is 6.08. The van der Waals surface area contributed by atoms with Crippen molar-refractivity contribution in [2.24, 2.45) is 0 Å². The molecule has 0 unspecified atom stereocenters. The average molecular weight is 435 g/mol. The molecule has 7 nitrogen and oxygen atoms in total. The van der Waals surface area contributed by atoms with Gasteiger partial charge in [-0.15, -0.1) is 0 Å². The lowest BCUT2D eigenvalue weighted by Gasteiger charge is -2.09. The second kappa shape index (κ2) is 10.3. The maximum Gasteiger partial charge on any atom is 0.341 e. The number of rotatable bonds is 10. The van der Waals surface area contributed by atoms with Gasteiger partial charge in [-0.1, -0.05) is 12.2 Å². The number of carbonyl (C=O) groups is 2. The van der Waals surface area contributed by atoms with Crippen LogP contribution in [0.1, 0.15) is 27.2 Å². The molecule has 0 saturated carbocycles. The fourth-order valence-corrected chi connectivity index (χ4v) is 3.26. The molecule has 2 aromatic carbocycles. The van der Waals surface area contributed by atoms with Crippen LogP contribution < -0.4 is 14.2 Å². The second-order valence-electron chi connectivity index (χ2n) is 7.10. The van der Waals surface area contributed by atoms with E-state index in [2.05, 4.69) is 0 Å². The molecule has 166 valence electrons. The zero-order valence-corrected chi connectivity index (χ0v) is 18.2. The van der Waals surface area contributed by atoms with Crippen molar-refractivity contribution in [3.05, 3.63) is 83.2 Å². The monoisotopic (exact) mass is 435 g/mol. The van der Waals surface area contributed by atoms with Crippen molar-refractivity contribution in [2.75, 3.05) is 20.8 Å². The number of aliphatic carboxylic acids is 1. The Morgan fingerprint density at radius 3 is 2.38 bits per heavy atom. The minimum atomic E-state index is -1.05. The maximum atomic E-state index is 13.0. The standard InChI is InChI=1S/C25H25NO6/c1-17-13-22(25(29)18-6-8-20(30-2)9-7-18)26(15-17)12-4-5-19-14-21(32-16-24(27)28)10-11-23(19)31-3/h4-11,13-15H,12,16H2,1-3H3,(H,27,28). The van der Waals surface area contributed by atoms with E-state index in [1.807, 2.05) is 35.9 Å². The van der Waals surface area contributed by atoms with Gasteiger partial charge in [0, 0.05) is 23.9 Å². The molecule has 0 aliphatic heterocycles. The van der Waals surface area contributed by atoms with E-state index < -0.39 is 12.6 Å². The van der Waals surface area contributed by atoms with Crippen LogP contribution in [0.3, 0.4) is 0 Å². The summed E-state index contributed by atoms with van der Waals surface area (Å²) in [4.78, 5) is 23.7. The number of benzene rings is 2. The van der Waals surface area contributed by atoms with E-state index in [0.29, 0.717) is 35.1 Å². The number of aryl methyl sites for hydroxylation is 1. The Labute approximate surface area is 186 Å². The number of carboxylic acids is 1. The van der Waals surface area contributed by atoms with E-state index in [1.165, 1.54) is 0 Å². The van der Waals surface area contributed by atoms with Crippen LogP contribution >= 0.6 is 0 Å². The van der Waals surface area contributed by atoms with Crippen LogP contribution in [0, 0.1) is 6.92 Å². The smallest absolute Gasteiger partial charge is 0.341 e. The Hall–Kier alpha value is -4.00. The average Bonchev–Trinajstić information content (AvgIpc) is 3.17. The number of aromatic nitrogens is 1. The van der Waals surface area contributed by atoms with E-state index in [-0.39, 0.29) is 5.78 Å². The summed E-state index contributed by atoms with van der Waals surface area (Å²) in [6.07, 6.45) is 5.68. The van der Waals surface area contributed by atoms with Crippen molar-refractivity contribution in [1.82, 2.24) is 4.57 Å². The Kier molecular flexibility index (Phi) is 7.33. The first-order valence-corrected chi connectivity index (χ1v) is 9.96. The summed E-state index contributed by atoms with van der Waals surface area (Å²) < 4.78 is 17.7. The molecule has 1 aromatic heterocycles. The molecule has 0 radical (unpaired) electrons. The summed E-state index contributed by atoms with van der Waals surface area (Å²) in [5.74, 6) is 0.632. The first-order chi connectivity index (χ1) is 15.4. The summed E-state index contributed by atoms with van der Waals surface area (Å²) >= 11 is 0. The lowest BCUT2D eigenvalue weighted by molar-refractivity contribution is -0.139. The molecular formula is C25H25NO6. The van der Waals surface area contributed by atoms with Gasteiger partial charge in [0.05, 0.1) is 19.9 Å². The van der Waals surface area contributed by atoms with Crippen molar-refractivity contribution in [2.45, 2.75) is 13.5 Å². The Morgan fingerprint density at radius 1 is 1.00 bits per heavy atom. The number of hydrogen-bond acceptors (Lipinski definition) is 5. The fraction of sp³-hybridized carbons (Fsp3) is 0.200. The molecule has 3 rings (SSSR count). The van der Waals surface area contributed by atoms with Crippen LogP contribution in [-0.2, 0) is 11.3 Å². The van der Waals surface area contributed by atoms with E-state index in [0.717, 1.165) is 11.1 Å². The molecule has 0 fully saturated rings. The quantitative estimate of drug-likeness (QED) is 0.480. The number of allylic oxidation sites excluding steroid dienone is 1. The molecule has 0 spiro atoms. The second-order valence-corrected chi connectivity index (χ2v) is 7.10. The maximum absolute atomic E-state index is 13.0. The van der Waals surface area contributed by atoms with Gasteiger partial charge >= 0.3 is 5.97 Å². The number of nitrogens with zero attached hydrogens (tertiary/aromatic N) is 1. The van der Waals surface area contributed by atoms with Crippen molar-refractivity contribution >= 4 is 17.8 Å². The van der Waals surface area contributed by atoms with E-state index in [1.54, 1.807) is 56.7 Å². The third-order valence-corrected chi connectivity index (χ3v) is 4.78. The normalized spacial score (nSPS) is 10.8. The summed E-state index contributed by atoms with van der Waals surface area (Å²) in [5, 5.41) is 8.79. The minimum absolute atomic E-state index is 0.0733. The molecule has 0 saturated heterocycles. The summed E-state index contributed by atoms with van der Waals surface area (Å²) in [6, 6.07) is 14.0. The molecule has 0 bridgehead atoms. The number of carboxylic acid groups (broad SMARTS) is 1. The highest BCUT2D eigenvalue weighted by atomic mass is 16.5. The molecule has 7 heteroatoms. The van der Waals surface area contributed by atoms with Crippen LogP contribution in [-0.4, -0.2) is 42.3 Å². The van der Waals surface area contributed by atoms with Gasteiger partial charge in [0.1, 0.15) is 17.2 Å². The molecule has 1 heterocycles. The van der Waals surface area contributed by atoms with Crippen LogP contribution in [0.5, 0.6) is 17.2 Å². The molecule has 0 aliphatic rings. The fourth-order valence-electron chi connectivity index (χ4n) is 3.26. The molecule has 0 atom stereocenters. The topological polar surface area (TPSA) is 87.0 Å². The minimum Gasteiger partial charge on any atom is -0.497 e. The lowest BCUT2D eigenvalue weighted by Crippen LogP contribution is -2.09. The highest BCUT2D eigenvalue weighted by Crippen LogP contribution is 2.25. The molecular weight excluding hydrogens is 410 g/mol. The van der Waals surface area contributed by atoms with Gasteiger partial charge in [-0.2, -0.15) is 0 Å². The Bertz CT molecular complexity index is 1130. The third-order valence-electron chi connectivity index (χ3n) is 4.78. The van der Waals surface area contributed by atoms with Gasteiger partial charge in [-0.3, -0.25) is 4.79 Å².